The Labute approximate surface area is 112 Å². The number of aromatic nitrogens is 1. The second kappa shape index (κ2) is 5.17. The Hall–Kier alpha value is -0.620. The topological polar surface area (TPSA) is 16.1 Å². The van der Waals surface area contributed by atoms with Crippen LogP contribution in [-0.4, -0.2) is 28.9 Å². The maximum atomic E-state index is 13.2. The SMILES string of the molecule is CC(F)(F)CC1CN(Cc2cnc(Br)c(F)c2)C1. The van der Waals surface area contributed by atoms with Gasteiger partial charge in [-0.2, -0.15) is 0 Å². The zero-order valence-corrected chi connectivity index (χ0v) is 11.6. The molecule has 1 aromatic rings. The molecule has 2 heterocycles. The van der Waals surface area contributed by atoms with Gasteiger partial charge in [-0.25, -0.2) is 18.2 Å². The first-order chi connectivity index (χ1) is 8.33. The summed E-state index contributed by atoms with van der Waals surface area (Å²) in [6.45, 7) is 2.79. The number of hydrogen-bond donors (Lipinski definition) is 0. The van der Waals surface area contributed by atoms with E-state index in [4.69, 9.17) is 0 Å². The van der Waals surface area contributed by atoms with Crippen LogP contribution in [0.15, 0.2) is 16.9 Å². The Morgan fingerprint density at radius 2 is 2.17 bits per heavy atom. The van der Waals surface area contributed by atoms with Crippen molar-refractivity contribution in [2.45, 2.75) is 25.8 Å². The van der Waals surface area contributed by atoms with Crippen LogP contribution < -0.4 is 0 Å². The lowest BCUT2D eigenvalue weighted by Gasteiger charge is -2.40. The predicted molar refractivity (Wildman–Crippen MR) is 65.9 cm³/mol. The van der Waals surface area contributed by atoms with Crippen LogP contribution in [0.5, 0.6) is 0 Å². The third-order valence-corrected chi connectivity index (χ3v) is 3.52. The van der Waals surface area contributed by atoms with Crippen LogP contribution in [0.2, 0.25) is 0 Å². The normalized spacial score (nSPS) is 17.8. The van der Waals surface area contributed by atoms with Gasteiger partial charge in [-0.3, -0.25) is 4.90 Å². The average Bonchev–Trinajstić information content (AvgIpc) is 2.18. The third-order valence-electron chi connectivity index (χ3n) is 2.94. The average molecular weight is 323 g/mol. The Morgan fingerprint density at radius 1 is 1.50 bits per heavy atom. The van der Waals surface area contributed by atoms with Crippen molar-refractivity contribution in [3.8, 4) is 0 Å². The van der Waals surface area contributed by atoms with Gasteiger partial charge in [-0.05, 0) is 40.4 Å². The highest BCUT2D eigenvalue weighted by Gasteiger charge is 2.34. The molecule has 0 atom stereocenters. The molecule has 0 radical (unpaired) electrons. The minimum atomic E-state index is -2.60. The van der Waals surface area contributed by atoms with Crippen LogP contribution in [0, 0.1) is 11.7 Å². The number of hydrogen-bond acceptors (Lipinski definition) is 2. The summed E-state index contributed by atoms with van der Waals surface area (Å²) in [6.07, 6.45) is 1.52. The molecule has 0 amide bonds. The highest BCUT2D eigenvalue weighted by Crippen LogP contribution is 2.29. The smallest absolute Gasteiger partial charge is 0.245 e. The van der Waals surface area contributed by atoms with E-state index in [2.05, 4.69) is 20.9 Å². The van der Waals surface area contributed by atoms with Crippen molar-refractivity contribution in [3.05, 3.63) is 28.2 Å². The van der Waals surface area contributed by atoms with Crippen molar-refractivity contribution in [1.82, 2.24) is 9.88 Å². The standard InChI is InChI=1S/C12H14BrF3N2/c1-12(15,16)3-9-6-18(7-9)5-8-2-10(14)11(13)17-4-8/h2,4,9H,3,5-7H2,1H3. The second-order valence-corrected chi connectivity index (χ2v) is 5.70. The molecular weight excluding hydrogens is 309 g/mol. The lowest BCUT2D eigenvalue weighted by Crippen LogP contribution is -2.47. The molecule has 1 fully saturated rings. The van der Waals surface area contributed by atoms with Gasteiger partial charge in [0.05, 0.1) is 0 Å². The first-order valence-electron chi connectivity index (χ1n) is 5.73. The maximum Gasteiger partial charge on any atom is 0.245 e. The predicted octanol–water partition coefficient (Wildman–Crippen LogP) is 3.46. The first-order valence-corrected chi connectivity index (χ1v) is 6.53. The zero-order valence-electron chi connectivity index (χ0n) is 9.97. The number of pyridine rings is 1. The molecule has 100 valence electrons. The fourth-order valence-corrected chi connectivity index (χ4v) is 2.46. The second-order valence-electron chi connectivity index (χ2n) is 4.95. The first kappa shape index (κ1) is 13.8. The van der Waals surface area contributed by atoms with E-state index in [-0.39, 0.29) is 16.9 Å². The largest absolute Gasteiger partial charge is 0.298 e. The molecular formula is C12H14BrF3N2. The van der Waals surface area contributed by atoms with E-state index in [0.29, 0.717) is 19.6 Å². The van der Waals surface area contributed by atoms with Crippen molar-refractivity contribution in [3.63, 3.8) is 0 Å². The van der Waals surface area contributed by atoms with Gasteiger partial charge in [-0.1, -0.05) is 0 Å². The lowest BCUT2D eigenvalue weighted by molar-refractivity contribution is -0.0380. The summed E-state index contributed by atoms with van der Waals surface area (Å²) in [4.78, 5) is 5.88. The number of rotatable bonds is 4. The molecule has 0 aromatic carbocycles. The molecule has 1 aliphatic rings. The van der Waals surface area contributed by atoms with E-state index >= 15 is 0 Å². The van der Waals surface area contributed by atoms with Crippen LogP contribution in [0.4, 0.5) is 13.2 Å². The highest BCUT2D eigenvalue weighted by molar-refractivity contribution is 9.10. The molecule has 0 bridgehead atoms. The van der Waals surface area contributed by atoms with Gasteiger partial charge >= 0.3 is 0 Å². The minimum absolute atomic E-state index is 0.0401. The van der Waals surface area contributed by atoms with Crippen LogP contribution in [0.3, 0.4) is 0 Å². The molecule has 0 saturated carbocycles. The zero-order chi connectivity index (χ0) is 13.3. The van der Waals surface area contributed by atoms with Gasteiger partial charge < -0.3 is 0 Å². The summed E-state index contributed by atoms with van der Waals surface area (Å²) in [5.41, 5.74) is 0.761. The molecule has 1 aliphatic heterocycles. The van der Waals surface area contributed by atoms with E-state index in [1.165, 1.54) is 6.07 Å². The van der Waals surface area contributed by atoms with Crippen molar-refractivity contribution in [2.75, 3.05) is 13.1 Å². The Morgan fingerprint density at radius 3 is 2.72 bits per heavy atom. The third kappa shape index (κ3) is 3.68. The summed E-state index contributed by atoms with van der Waals surface area (Å²) in [7, 11) is 0. The van der Waals surface area contributed by atoms with Crippen LogP contribution in [-0.2, 0) is 6.54 Å². The summed E-state index contributed by atoms with van der Waals surface area (Å²) in [6, 6.07) is 1.42. The molecule has 0 spiro atoms. The monoisotopic (exact) mass is 322 g/mol. The fourth-order valence-electron chi connectivity index (χ4n) is 2.25. The van der Waals surface area contributed by atoms with Crippen molar-refractivity contribution in [1.29, 1.82) is 0 Å². The van der Waals surface area contributed by atoms with Gasteiger partial charge in [0.15, 0.2) is 5.82 Å². The number of alkyl halides is 2. The summed E-state index contributed by atoms with van der Waals surface area (Å²) in [5, 5.41) is 0. The van der Waals surface area contributed by atoms with Crippen molar-refractivity contribution < 1.29 is 13.2 Å². The lowest BCUT2D eigenvalue weighted by atomic mass is 9.93. The van der Waals surface area contributed by atoms with Crippen molar-refractivity contribution in [2.24, 2.45) is 5.92 Å². The van der Waals surface area contributed by atoms with Gasteiger partial charge in [0.25, 0.3) is 0 Å². The van der Waals surface area contributed by atoms with Crippen LogP contribution in [0.25, 0.3) is 0 Å². The maximum absolute atomic E-state index is 13.2. The quantitative estimate of drug-likeness (QED) is 0.789. The van der Waals surface area contributed by atoms with Crippen LogP contribution in [0.1, 0.15) is 18.9 Å². The van der Waals surface area contributed by atoms with Gasteiger partial charge in [0, 0.05) is 32.3 Å². The number of halogens is 4. The van der Waals surface area contributed by atoms with Gasteiger partial charge in [-0.15, -0.1) is 0 Å². The molecule has 0 unspecified atom stereocenters. The van der Waals surface area contributed by atoms with Gasteiger partial charge in [0.1, 0.15) is 4.60 Å². The number of likely N-dealkylation sites (tertiary alicyclic amines) is 1. The summed E-state index contributed by atoms with van der Waals surface area (Å²) < 4.78 is 38.9. The number of nitrogens with zero attached hydrogens (tertiary/aromatic N) is 2. The van der Waals surface area contributed by atoms with E-state index in [0.717, 1.165) is 12.5 Å². The Kier molecular flexibility index (Phi) is 3.96. The summed E-state index contributed by atoms with van der Waals surface area (Å²) in [5.74, 6) is -2.95. The van der Waals surface area contributed by atoms with E-state index < -0.39 is 11.7 Å². The molecule has 0 N–H and O–H groups in total. The Bertz CT molecular complexity index is 428. The van der Waals surface area contributed by atoms with E-state index in [1.807, 2.05) is 4.90 Å². The molecule has 18 heavy (non-hydrogen) atoms. The summed E-state index contributed by atoms with van der Waals surface area (Å²) >= 11 is 2.99. The molecule has 2 rings (SSSR count). The Balaban J connectivity index is 1.81. The van der Waals surface area contributed by atoms with Crippen LogP contribution >= 0.6 is 15.9 Å². The fraction of sp³-hybridized carbons (Fsp3) is 0.583. The molecule has 6 heteroatoms. The molecule has 2 nitrogen and oxygen atoms in total. The molecule has 1 saturated heterocycles. The highest BCUT2D eigenvalue weighted by atomic mass is 79.9. The molecule has 1 aromatic heterocycles. The van der Waals surface area contributed by atoms with Gasteiger partial charge in [0.2, 0.25) is 5.92 Å². The molecule has 0 aliphatic carbocycles. The van der Waals surface area contributed by atoms with E-state index in [1.54, 1.807) is 6.20 Å². The van der Waals surface area contributed by atoms with E-state index in [9.17, 15) is 13.2 Å². The van der Waals surface area contributed by atoms with Crippen molar-refractivity contribution >= 4 is 15.9 Å². The minimum Gasteiger partial charge on any atom is -0.298 e.